The van der Waals surface area contributed by atoms with Crippen LogP contribution in [-0.4, -0.2) is 19.0 Å². The van der Waals surface area contributed by atoms with Gasteiger partial charge < -0.3 is 4.74 Å². The Kier molecular flexibility index (Phi) is 4.44. The highest BCUT2D eigenvalue weighted by Gasteiger charge is 2.16. The third kappa shape index (κ3) is 4.43. The highest BCUT2D eigenvalue weighted by molar-refractivity contribution is 6.83. The Labute approximate surface area is 126 Å². The second kappa shape index (κ2) is 6.11. The lowest BCUT2D eigenvalue weighted by atomic mass is 10.1. The number of aromatic nitrogens is 1. The lowest BCUT2D eigenvalue weighted by Gasteiger charge is -2.12. The molecule has 0 spiro atoms. The summed E-state index contributed by atoms with van der Waals surface area (Å²) < 4.78 is 5.33. The van der Waals surface area contributed by atoms with Crippen LogP contribution in [0.4, 0.5) is 0 Å². The molecule has 21 heavy (non-hydrogen) atoms. The fourth-order valence-electron chi connectivity index (χ4n) is 1.86. The van der Waals surface area contributed by atoms with Crippen molar-refractivity contribution < 1.29 is 9.53 Å². The summed E-state index contributed by atoms with van der Waals surface area (Å²) >= 11 is 0. The average Bonchev–Trinajstić information content (AvgIpc) is 2.41. The summed E-state index contributed by atoms with van der Waals surface area (Å²) in [4.78, 5) is 15.7. The lowest BCUT2D eigenvalue weighted by Crippen LogP contribution is -2.18. The minimum atomic E-state index is -1.54. The molecule has 1 aromatic carbocycles. The molecule has 0 fully saturated rings. The summed E-state index contributed by atoms with van der Waals surface area (Å²) in [6.45, 7) is 7.85. The van der Waals surface area contributed by atoms with Crippen molar-refractivity contribution in [1.82, 2.24) is 4.98 Å². The lowest BCUT2D eigenvalue weighted by molar-refractivity contribution is -0.144. The van der Waals surface area contributed by atoms with Gasteiger partial charge in [-0.25, -0.2) is 0 Å². The van der Waals surface area contributed by atoms with E-state index in [1.165, 1.54) is 6.92 Å². The zero-order valence-corrected chi connectivity index (χ0v) is 13.8. The molecule has 0 amide bonds. The first-order chi connectivity index (χ1) is 9.85. The third-order valence-corrected chi connectivity index (χ3v) is 3.68. The fourth-order valence-corrected chi connectivity index (χ4v) is 2.42. The molecule has 0 radical (unpaired) electrons. The topological polar surface area (TPSA) is 39.2 Å². The molecule has 0 bridgehead atoms. The first-order valence-electron chi connectivity index (χ1n) is 6.90. The average molecular weight is 297 g/mol. The van der Waals surface area contributed by atoms with Crippen LogP contribution in [0.25, 0.3) is 10.8 Å². The van der Waals surface area contributed by atoms with Gasteiger partial charge in [0.15, 0.2) is 0 Å². The van der Waals surface area contributed by atoms with Gasteiger partial charge in [0.25, 0.3) is 0 Å². The number of esters is 1. The molecule has 4 heteroatoms. The van der Waals surface area contributed by atoms with E-state index >= 15 is 0 Å². The Morgan fingerprint density at radius 1 is 1.24 bits per heavy atom. The summed E-state index contributed by atoms with van der Waals surface area (Å²) in [6.07, 6.45) is 1.19. The Balaban J connectivity index is 2.42. The molecule has 0 saturated heterocycles. The van der Waals surface area contributed by atoms with E-state index in [2.05, 4.69) is 36.1 Å². The molecule has 1 atom stereocenters. The Hall–Kier alpha value is -2.12. The van der Waals surface area contributed by atoms with E-state index in [0.717, 1.165) is 10.8 Å². The Morgan fingerprint density at radius 2 is 1.90 bits per heavy atom. The van der Waals surface area contributed by atoms with Crippen LogP contribution in [0.5, 0.6) is 0 Å². The fraction of sp³-hybridized carbons (Fsp3) is 0.294. The van der Waals surface area contributed by atoms with E-state index in [1.54, 1.807) is 6.20 Å². The van der Waals surface area contributed by atoms with Gasteiger partial charge in [0.2, 0.25) is 6.10 Å². The molecule has 2 aromatic rings. The number of pyridine rings is 1. The van der Waals surface area contributed by atoms with Crippen molar-refractivity contribution >= 4 is 24.8 Å². The molecule has 1 heterocycles. The summed E-state index contributed by atoms with van der Waals surface area (Å²) in [5, 5.41) is 2.12. The number of nitrogens with zero attached hydrogens (tertiary/aromatic N) is 1. The van der Waals surface area contributed by atoms with Gasteiger partial charge in [-0.2, -0.15) is 0 Å². The maximum Gasteiger partial charge on any atom is 0.304 e. The van der Waals surface area contributed by atoms with Crippen molar-refractivity contribution in [3.8, 4) is 11.5 Å². The van der Waals surface area contributed by atoms with Gasteiger partial charge in [0.05, 0.1) is 5.69 Å². The maximum absolute atomic E-state index is 11.3. The van der Waals surface area contributed by atoms with Crippen molar-refractivity contribution in [3.63, 3.8) is 0 Å². The van der Waals surface area contributed by atoms with E-state index in [1.807, 2.05) is 30.3 Å². The van der Waals surface area contributed by atoms with Crippen molar-refractivity contribution in [2.24, 2.45) is 0 Å². The van der Waals surface area contributed by atoms with Crippen LogP contribution in [0.1, 0.15) is 18.7 Å². The van der Waals surface area contributed by atoms with Gasteiger partial charge in [-0.15, -0.1) is 5.54 Å². The van der Waals surface area contributed by atoms with Gasteiger partial charge in [-0.05, 0) is 11.5 Å². The van der Waals surface area contributed by atoms with Gasteiger partial charge in [-0.3, -0.25) is 9.78 Å². The largest absolute Gasteiger partial charge is 0.443 e. The molecule has 108 valence electrons. The number of carbonyl (C=O) groups excluding carboxylic acids is 1. The van der Waals surface area contributed by atoms with E-state index in [9.17, 15) is 4.79 Å². The smallest absolute Gasteiger partial charge is 0.304 e. The number of rotatable bonds is 2. The normalized spacial score (nSPS) is 12.4. The Bertz CT molecular complexity index is 723. The minimum absolute atomic E-state index is 0.347. The number of carbonyl (C=O) groups is 1. The molecule has 0 aliphatic rings. The first kappa shape index (κ1) is 15.3. The molecular formula is C17H19NO2Si. The molecule has 0 aliphatic carbocycles. The second-order valence-corrected chi connectivity index (χ2v) is 10.7. The van der Waals surface area contributed by atoms with Crippen LogP contribution in [0.15, 0.2) is 36.5 Å². The highest BCUT2D eigenvalue weighted by atomic mass is 28.3. The standard InChI is InChI=1S/C17H19NO2Si/c1-13(19)20-17(9-10-21(2,3)4)16-11-14-7-5-6-8-15(14)12-18-16/h5-8,11-12,17H,1-4H3/t17-/m1/s1. The van der Waals surface area contributed by atoms with E-state index in [4.69, 9.17) is 4.74 Å². The van der Waals surface area contributed by atoms with Crippen molar-refractivity contribution in [3.05, 3.63) is 42.2 Å². The number of ether oxygens (including phenoxy) is 1. The van der Waals surface area contributed by atoms with Crippen molar-refractivity contribution in [2.75, 3.05) is 0 Å². The molecular weight excluding hydrogens is 278 g/mol. The van der Waals surface area contributed by atoms with Gasteiger partial charge in [0, 0.05) is 18.5 Å². The predicted octanol–water partition coefficient (Wildman–Crippen LogP) is 3.72. The van der Waals surface area contributed by atoms with Crippen LogP contribution in [0.3, 0.4) is 0 Å². The van der Waals surface area contributed by atoms with E-state index in [0.29, 0.717) is 5.69 Å². The summed E-state index contributed by atoms with van der Waals surface area (Å²) in [6, 6.07) is 9.89. The second-order valence-electron chi connectivity index (χ2n) is 5.97. The molecule has 1 aromatic heterocycles. The molecule has 0 N–H and O–H groups in total. The number of benzene rings is 1. The van der Waals surface area contributed by atoms with Crippen LogP contribution in [0, 0.1) is 11.5 Å². The maximum atomic E-state index is 11.3. The highest BCUT2D eigenvalue weighted by Crippen LogP contribution is 2.20. The summed E-state index contributed by atoms with van der Waals surface area (Å²) in [5.74, 6) is 2.73. The molecule has 0 aliphatic heterocycles. The quantitative estimate of drug-likeness (QED) is 0.482. The van der Waals surface area contributed by atoms with Crippen molar-refractivity contribution in [2.45, 2.75) is 32.7 Å². The van der Waals surface area contributed by atoms with Crippen LogP contribution >= 0.6 is 0 Å². The zero-order valence-electron chi connectivity index (χ0n) is 12.8. The molecule has 3 nitrogen and oxygen atoms in total. The van der Waals surface area contributed by atoms with Gasteiger partial charge in [-0.1, -0.05) is 49.8 Å². The van der Waals surface area contributed by atoms with Gasteiger partial charge in [0.1, 0.15) is 8.07 Å². The van der Waals surface area contributed by atoms with Crippen LogP contribution in [0.2, 0.25) is 19.6 Å². The van der Waals surface area contributed by atoms with Crippen LogP contribution < -0.4 is 0 Å². The van der Waals surface area contributed by atoms with E-state index in [-0.39, 0.29) is 5.97 Å². The van der Waals surface area contributed by atoms with Crippen molar-refractivity contribution in [1.29, 1.82) is 0 Å². The number of fused-ring (bicyclic) bond motifs is 1. The zero-order chi connectivity index (χ0) is 15.5. The summed E-state index contributed by atoms with van der Waals surface area (Å²) in [7, 11) is -1.54. The number of hydrogen-bond acceptors (Lipinski definition) is 3. The molecule has 0 unspecified atom stereocenters. The SMILES string of the molecule is CC(=O)O[C@H](C#C[Si](C)(C)C)c1cc2ccccc2cn1. The third-order valence-electron chi connectivity index (χ3n) is 2.78. The predicted molar refractivity (Wildman–Crippen MR) is 87.4 cm³/mol. The molecule has 2 rings (SSSR count). The number of hydrogen-bond donors (Lipinski definition) is 0. The monoisotopic (exact) mass is 297 g/mol. The van der Waals surface area contributed by atoms with Crippen LogP contribution in [-0.2, 0) is 9.53 Å². The first-order valence-corrected chi connectivity index (χ1v) is 10.4. The Morgan fingerprint density at radius 3 is 2.52 bits per heavy atom. The van der Waals surface area contributed by atoms with Gasteiger partial charge >= 0.3 is 5.97 Å². The molecule has 0 saturated carbocycles. The van der Waals surface area contributed by atoms with E-state index < -0.39 is 14.2 Å². The summed E-state index contributed by atoms with van der Waals surface area (Å²) in [5.41, 5.74) is 3.92. The minimum Gasteiger partial charge on any atom is -0.443 e.